The van der Waals surface area contributed by atoms with Gasteiger partial charge in [0.2, 0.25) is 0 Å². The van der Waals surface area contributed by atoms with Gasteiger partial charge in [-0.1, -0.05) is 11.6 Å². The van der Waals surface area contributed by atoms with Gasteiger partial charge in [-0.3, -0.25) is 14.5 Å². The molecule has 3 N–H and O–H groups in total. The molecule has 21 heavy (non-hydrogen) atoms. The van der Waals surface area contributed by atoms with Gasteiger partial charge in [-0.2, -0.15) is 0 Å². The van der Waals surface area contributed by atoms with Gasteiger partial charge >= 0.3 is 5.69 Å². The maximum atomic E-state index is 12.9. The van der Waals surface area contributed by atoms with Crippen LogP contribution < -0.4 is 16.0 Å². The average molecular weight is 334 g/mol. The minimum Gasteiger partial charge on any atom is -0.310 e. The first kappa shape index (κ1) is 15.3. The van der Waals surface area contributed by atoms with Crippen LogP contribution in [0.4, 0.5) is 10.1 Å². The summed E-state index contributed by atoms with van der Waals surface area (Å²) in [6.45, 7) is 1.26. The van der Waals surface area contributed by atoms with E-state index in [2.05, 4.69) is 9.71 Å². The lowest BCUT2D eigenvalue weighted by Gasteiger charge is -2.10. The Kier molecular flexibility index (Phi) is 3.88. The second kappa shape index (κ2) is 5.34. The largest absolute Gasteiger partial charge is 0.325 e. The number of anilines is 1. The van der Waals surface area contributed by atoms with E-state index in [4.69, 9.17) is 11.6 Å². The predicted molar refractivity (Wildman–Crippen MR) is 74.6 cm³/mol. The first-order chi connectivity index (χ1) is 9.70. The molecule has 1 aromatic heterocycles. The molecule has 0 unspecified atom stereocenters. The van der Waals surface area contributed by atoms with E-state index in [1.54, 1.807) is 0 Å². The van der Waals surface area contributed by atoms with E-state index in [9.17, 15) is 22.4 Å². The van der Waals surface area contributed by atoms with E-state index in [0.717, 1.165) is 18.2 Å². The Balaban J connectivity index is 2.54. The van der Waals surface area contributed by atoms with Crippen molar-refractivity contribution < 1.29 is 12.8 Å². The Morgan fingerprint density at radius 3 is 2.48 bits per heavy atom. The molecule has 0 saturated heterocycles. The lowest BCUT2D eigenvalue weighted by Crippen LogP contribution is -2.31. The van der Waals surface area contributed by atoms with Gasteiger partial charge < -0.3 is 4.98 Å². The summed E-state index contributed by atoms with van der Waals surface area (Å²) >= 11 is 5.72. The van der Waals surface area contributed by atoms with Crippen LogP contribution in [0.25, 0.3) is 0 Å². The second-order valence-electron chi connectivity index (χ2n) is 4.09. The molecule has 0 atom stereocenters. The highest BCUT2D eigenvalue weighted by Gasteiger charge is 2.23. The standard InChI is InChI=1S/C11H9ClFN3O4S/c1-5-9(10(17)15-11(18)14-5)21(19,20)16-8-3-2-6(13)4-7(8)12/h2-4,16H,1H3,(H2,14,15,17,18). The Morgan fingerprint density at radius 1 is 1.24 bits per heavy atom. The number of halogens is 2. The summed E-state index contributed by atoms with van der Waals surface area (Å²) in [6, 6.07) is 3.04. The highest BCUT2D eigenvalue weighted by atomic mass is 35.5. The van der Waals surface area contributed by atoms with Crippen molar-refractivity contribution in [3.05, 3.63) is 55.6 Å². The molecular formula is C11H9ClFN3O4S. The summed E-state index contributed by atoms with van der Waals surface area (Å²) in [4.78, 5) is 26.0. The molecule has 0 fully saturated rings. The van der Waals surface area contributed by atoms with Crippen LogP contribution in [0, 0.1) is 12.7 Å². The van der Waals surface area contributed by atoms with E-state index in [-0.39, 0.29) is 16.4 Å². The number of H-pyrrole nitrogens is 2. The summed E-state index contributed by atoms with van der Waals surface area (Å²) < 4.78 is 39.4. The number of sulfonamides is 1. The molecule has 0 spiro atoms. The van der Waals surface area contributed by atoms with Crippen molar-refractivity contribution in [2.24, 2.45) is 0 Å². The summed E-state index contributed by atoms with van der Waals surface area (Å²) in [5.74, 6) is -0.638. The van der Waals surface area contributed by atoms with E-state index in [1.807, 2.05) is 4.98 Å². The maximum Gasteiger partial charge on any atom is 0.325 e. The van der Waals surface area contributed by atoms with Gasteiger partial charge in [0.1, 0.15) is 5.82 Å². The highest BCUT2D eigenvalue weighted by Crippen LogP contribution is 2.24. The quantitative estimate of drug-likeness (QED) is 0.776. The molecule has 0 amide bonds. The van der Waals surface area contributed by atoms with Gasteiger partial charge in [0.25, 0.3) is 15.6 Å². The van der Waals surface area contributed by atoms with Gasteiger partial charge in [-0.25, -0.2) is 17.6 Å². The smallest absolute Gasteiger partial charge is 0.310 e. The Morgan fingerprint density at radius 2 is 1.90 bits per heavy atom. The summed E-state index contributed by atoms with van der Waals surface area (Å²) in [7, 11) is -4.30. The number of aryl methyl sites for hydroxylation is 1. The third-order valence-corrected chi connectivity index (χ3v) is 4.35. The van der Waals surface area contributed by atoms with Crippen LogP contribution in [0.3, 0.4) is 0 Å². The molecule has 1 aromatic carbocycles. The van der Waals surface area contributed by atoms with Crippen molar-refractivity contribution in [1.29, 1.82) is 0 Å². The third-order valence-electron chi connectivity index (χ3n) is 2.52. The van der Waals surface area contributed by atoms with Gasteiger partial charge in [0.15, 0.2) is 4.90 Å². The van der Waals surface area contributed by atoms with Gasteiger partial charge in [0, 0.05) is 5.69 Å². The molecule has 0 radical (unpaired) electrons. The fraction of sp³-hybridized carbons (Fsp3) is 0.0909. The molecule has 0 bridgehead atoms. The molecule has 10 heteroatoms. The van der Waals surface area contributed by atoms with Crippen LogP contribution in [0.1, 0.15) is 5.69 Å². The number of hydrogen-bond donors (Lipinski definition) is 3. The number of benzene rings is 1. The summed E-state index contributed by atoms with van der Waals surface area (Å²) in [5, 5.41) is -0.169. The van der Waals surface area contributed by atoms with Gasteiger partial charge in [-0.05, 0) is 25.1 Å². The molecule has 2 rings (SSSR count). The lowest BCUT2D eigenvalue weighted by molar-refractivity contribution is 0.597. The minimum atomic E-state index is -4.30. The lowest BCUT2D eigenvalue weighted by atomic mass is 10.3. The molecule has 2 aromatic rings. The molecule has 1 heterocycles. The minimum absolute atomic E-state index is 0.0944. The Labute approximate surface area is 122 Å². The molecule has 7 nitrogen and oxygen atoms in total. The number of nitrogens with one attached hydrogen (secondary N) is 3. The van der Waals surface area contributed by atoms with E-state index in [0.29, 0.717) is 0 Å². The number of aromatic nitrogens is 2. The highest BCUT2D eigenvalue weighted by molar-refractivity contribution is 7.92. The molecular weight excluding hydrogens is 325 g/mol. The molecule has 112 valence electrons. The maximum absolute atomic E-state index is 12.9. The van der Waals surface area contributed by atoms with Crippen LogP contribution in [-0.4, -0.2) is 18.4 Å². The number of rotatable bonds is 3. The van der Waals surface area contributed by atoms with Crippen molar-refractivity contribution in [1.82, 2.24) is 9.97 Å². The van der Waals surface area contributed by atoms with Gasteiger partial charge in [-0.15, -0.1) is 0 Å². The van der Waals surface area contributed by atoms with Crippen LogP contribution >= 0.6 is 11.6 Å². The van der Waals surface area contributed by atoms with Crippen LogP contribution in [0.15, 0.2) is 32.7 Å². The SMILES string of the molecule is Cc1[nH]c(=O)[nH]c(=O)c1S(=O)(=O)Nc1ccc(F)cc1Cl. The third kappa shape index (κ3) is 3.14. The van der Waals surface area contributed by atoms with E-state index < -0.39 is 32.0 Å². The van der Waals surface area contributed by atoms with Gasteiger partial charge in [0.05, 0.1) is 10.7 Å². The predicted octanol–water partition coefficient (Wildman–Crippen LogP) is 0.965. The zero-order valence-corrected chi connectivity index (χ0v) is 12.1. The Hall–Kier alpha value is -2.13. The number of aromatic amines is 2. The zero-order valence-electron chi connectivity index (χ0n) is 10.5. The zero-order chi connectivity index (χ0) is 15.8. The first-order valence-electron chi connectivity index (χ1n) is 5.52. The van der Waals surface area contributed by atoms with Crippen LogP contribution in [-0.2, 0) is 10.0 Å². The average Bonchev–Trinajstić information content (AvgIpc) is 2.30. The number of hydrogen-bond acceptors (Lipinski definition) is 4. The van der Waals surface area contributed by atoms with Crippen molar-refractivity contribution in [3.8, 4) is 0 Å². The normalized spacial score (nSPS) is 11.4. The molecule has 0 saturated carbocycles. The first-order valence-corrected chi connectivity index (χ1v) is 7.38. The van der Waals surface area contributed by atoms with Crippen molar-refractivity contribution in [3.63, 3.8) is 0 Å². The second-order valence-corrected chi connectivity index (χ2v) is 6.12. The molecule has 0 aliphatic heterocycles. The Bertz CT molecular complexity index is 920. The van der Waals surface area contributed by atoms with E-state index in [1.165, 1.54) is 6.92 Å². The van der Waals surface area contributed by atoms with Crippen molar-refractivity contribution in [2.45, 2.75) is 11.8 Å². The van der Waals surface area contributed by atoms with Crippen molar-refractivity contribution in [2.75, 3.05) is 4.72 Å². The molecule has 0 aliphatic rings. The fourth-order valence-electron chi connectivity index (χ4n) is 1.68. The fourth-order valence-corrected chi connectivity index (χ4v) is 3.27. The summed E-state index contributed by atoms with van der Waals surface area (Å²) in [6.07, 6.45) is 0. The van der Waals surface area contributed by atoms with Crippen LogP contribution in [0.2, 0.25) is 5.02 Å². The summed E-state index contributed by atoms with van der Waals surface area (Å²) in [5.41, 5.74) is -2.12. The van der Waals surface area contributed by atoms with Crippen molar-refractivity contribution >= 4 is 27.3 Å². The van der Waals surface area contributed by atoms with Crippen LogP contribution in [0.5, 0.6) is 0 Å². The topological polar surface area (TPSA) is 112 Å². The molecule has 0 aliphatic carbocycles. The van der Waals surface area contributed by atoms with E-state index >= 15 is 0 Å². The monoisotopic (exact) mass is 333 g/mol.